The van der Waals surface area contributed by atoms with Crippen LogP contribution in [-0.4, -0.2) is 67.9 Å². The van der Waals surface area contributed by atoms with E-state index in [0.29, 0.717) is 30.0 Å². The van der Waals surface area contributed by atoms with Crippen LogP contribution in [0.3, 0.4) is 0 Å². The summed E-state index contributed by atoms with van der Waals surface area (Å²) in [6.07, 6.45) is 0. The summed E-state index contributed by atoms with van der Waals surface area (Å²) < 4.78 is 0. The van der Waals surface area contributed by atoms with Crippen molar-refractivity contribution in [3.63, 3.8) is 0 Å². The number of aromatic amines is 1. The van der Waals surface area contributed by atoms with Crippen LogP contribution in [0.5, 0.6) is 0 Å². The number of hydrogen-bond acceptors (Lipinski definition) is 6. The standard InChI is InChI=1S/C15H17N5O3/c21-7-15(8-22)11-5-20(6-12(11)15)14(23)10-4-2-1-3-9(10)13-16-18-19-17-13/h1-4,11-12,21-22H,5-8H2,(H,16,17,18,19). The number of piperidine rings is 1. The van der Waals surface area contributed by atoms with Gasteiger partial charge >= 0.3 is 0 Å². The second kappa shape index (κ2) is 5.10. The molecule has 2 atom stereocenters. The number of hydrogen-bond donors (Lipinski definition) is 3. The maximum atomic E-state index is 12.8. The Morgan fingerprint density at radius 3 is 2.57 bits per heavy atom. The number of fused-ring (bicyclic) bond motifs is 1. The van der Waals surface area contributed by atoms with Crippen LogP contribution in [0.25, 0.3) is 11.4 Å². The van der Waals surface area contributed by atoms with E-state index >= 15 is 0 Å². The Labute approximate surface area is 132 Å². The normalized spacial score (nSPS) is 24.5. The summed E-state index contributed by atoms with van der Waals surface area (Å²) in [7, 11) is 0. The molecule has 1 aliphatic heterocycles. The summed E-state index contributed by atoms with van der Waals surface area (Å²) in [4.78, 5) is 14.6. The molecule has 2 heterocycles. The fraction of sp³-hybridized carbons (Fsp3) is 0.467. The molecule has 1 saturated carbocycles. The molecule has 3 N–H and O–H groups in total. The molecular formula is C15H17N5O3. The molecule has 8 nitrogen and oxygen atoms in total. The fourth-order valence-electron chi connectivity index (χ4n) is 3.83. The van der Waals surface area contributed by atoms with Crippen LogP contribution in [0.4, 0.5) is 0 Å². The molecule has 1 aliphatic carbocycles. The molecule has 4 rings (SSSR count). The number of carbonyl (C=O) groups excluding carboxylic acids is 1. The van der Waals surface area contributed by atoms with Crippen LogP contribution < -0.4 is 0 Å². The van der Waals surface area contributed by atoms with Gasteiger partial charge in [-0.05, 0) is 23.1 Å². The highest BCUT2D eigenvalue weighted by Crippen LogP contribution is 2.62. The minimum absolute atomic E-state index is 0.0275. The van der Waals surface area contributed by atoms with Gasteiger partial charge in [0.25, 0.3) is 5.91 Å². The number of aliphatic hydroxyl groups is 2. The quantitative estimate of drug-likeness (QED) is 0.703. The molecule has 1 aromatic heterocycles. The van der Waals surface area contributed by atoms with Gasteiger partial charge in [-0.15, -0.1) is 10.2 Å². The Morgan fingerprint density at radius 2 is 1.96 bits per heavy atom. The van der Waals surface area contributed by atoms with Crippen molar-refractivity contribution in [2.45, 2.75) is 0 Å². The Balaban J connectivity index is 1.57. The van der Waals surface area contributed by atoms with Crippen LogP contribution >= 0.6 is 0 Å². The average Bonchev–Trinajstić information content (AvgIpc) is 3.06. The monoisotopic (exact) mass is 315 g/mol. The first-order valence-corrected chi connectivity index (χ1v) is 7.55. The second-order valence-electron chi connectivity index (χ2n) is 6.25. The van der Waals surface area contributed by atoms with Crippen molar-refractivity contribution < 1.29 is 15.0 Å². The third-order valence-electron chi connectivity index (χ3n) is 5.31. The van der Waals surface area contributed by atoms with E-state index in [1.165, 1.54) is 0 Å². The van der Waals surface area contributed by atoms with E-state index in [4.69, 9.17) is 0 Å². The zero-order valence-corrected chi connectivity index (χ0v) is 12.4. The highest BCUT2D eigenvalue weighted by atomic mass is 16.3. The molecule has 1 saturated heterocycles. The van der Waals surface area contributed by atoms with Gasteiger partial charge in [-0.3, -0.25) is 4.79 Å². The summed E-state index contributed by atoms with van der Waals surface area (Å²) in [6.45, 7) is 1.07. The minimum atomic E-state index is -0.399. The topological polar surface area (TPSA) is 115 Å². The number of benzene rings is 1. The van der Waals surface area contributed by atoms with Gasteiger partial charge in [0.05, 0.1) is 18.8 Å². The lowest BCUT2D eigenvalue weighted by molar-refractivity contribution is 0.0637. The van der Waals surface area contributed by atoms with E-state index < -0.39 is 5.41 Å². The first-order valence-electron chi connectivity index (χ1n) is 7.55. The summed E-state index contributed by atoms with van der Waals surface area (Å²) in [5.41, 5.74) is 0.778. The molecule has 1 aromatic carbocycles. The summed E-state index contributed by atoms with van der Waals surface area (Å²) in [5.74, 6) is 0.665. The van der Waals surface area contributed by atoms with E-state index in [0.717, 1.165) is 0 Å². The summed E-state index contributed by atoms with van der Waals surface area (Å²) in [6, 6.07) is 7.18. The van der Waals surface area contributed by atoms with Crippen molar-refractivity contribution in [2.24, 2.45) is 17.3 Å². The molecule has 2 aromatic rings. The Morgan fingerprint density at radius 1 is 1.26 bits per heavy atom. The van der Waals surface area contributed by atoms with Crippen LogP contribution in [-0.2, 0) is 0 Å². The third-order valence-corrected chi connectivity index (χ3v) is 5.31. The van der Waals surface area contributed by atoms with Crippen LogP contribution in [0.2, 0.25) is 0 Å². The second-order valence-corrected chi connectivity index (χ2v) is 6.25. The number of nitrogens with zero attached hydrogens (tertiary/aromatic N) is 4. The average molecular weight is 315 g/mol. The van der Waals surface area contributed by atoms with Crippen LogP contribution in [0, 0.1) is 17.3 Å². The first kappa shape index (κ1) is 14.3. The zero-order valence-electron chi connectivity index (χ0n) is 12.4. The van der Waals surface area contributed by atoms with Gasteiger partial charge in [0.1, 0.15) is 0 Å². The van der Waals surface area contributed by atoms with Crippen molar-refractivity contribution in [3.05, 3.63) is 29.8 Å². The van der Waals surface area contributed by atoms with Crippen molar-refractivity contribution in [1.82, 2.24) is 25.5 Å². The predicted octanol–water partition coefficient (Wildman–Crippen LogP) is -0.461. The highest BCUT2D eigenvalue weighted by Gasteiger charge is 2.68. The van der Waals surface area contributed by atoms with Crippen molar-refractivity contribution in [2.75, 3.05) is 26.3 Å². The molecule has 120 valence electrons. The fourth-order valence-corrected chi connectivity index (χ4v) is 3.83. The Hall–Kier alpha value is -2.32. The lowest BCUT2D eigenvalue weighted by Gasteiger charge is -2.24. The van der Waals surface area contributed by atoms with E-state index in [1.807, 2.05) is 6.07 Å². The molecule has 23 heavy (non-hydrogen) atoms. The van der Waals surface area contributed by atoms with Gasteiger partial charge in [-0.1, -0.05) is 18.2 Å². The summed E-state index contributed by atoms with van der Waals surface area (Å²) in [5, 5.41) is 32.8. The van der Waals surface area contributed by atoms with Gasteiger partial charge in [0, 0.05) is 24.1 Å². The van der Waals surface area contributed by atoms with Crippen LogP contribution in [0.1, 0.15) is 10.4 Å². The van der Waals surface area contributed by atoms with E-state index in [-0.39, 0.29) is 31.0 Å². The molecule has 2 aliphatic rings. The molecule has 0 spiro atoms. The van der Waals surface area contributed by atoms with Crippen molar-refractivity contribution in [3.8, 4) is 11.4 Å². The largest absolute Gasteiger partial charge is 0.396 e. The zero-order chi connectivity index (χ0) is 16.0. The minimum Gasteiger partial charge on any atom is -0.396 e. The van der Waals surface area contributed by atoms with Crippen molar-refractivity contribution in [1.29, 1.82) is 0 Å². The maximum absolute atomic E-state index is 12.8. The van der Waals surface area contributed by atoms with Gasteiger partial charge in [0.2, 0.25) is 5.82 Å². The smallest absolute Gasteiger partial charge is 0.254 e. The Bertz CT molecular complexity index is 714. The van der Waals surface area contributed by atoms with Gasteiger partial charge in [-0.25, -0.2) is 0 Å². The lowest BCUT2D eigenvalue weighted by atomic mass is 10.0. The van der Waals surface area contributed by atoms with Crippen LogP contribution in [0.15, 0.2) is 24.3 Å². The molecular weight excluding hydrogens is 298 g/mol. The van der Waals surface area contributed by atoms with Gasteiger partial charge in [0.15, 0.2) is 0 Å². The number of aliphatic hydroxyl groups excluding tert-OH is 2. The van der Waals surface area contributed by atoms with E-state index in [9.17, 15) is 15.0 Å². The maximum Gasteiger partial charge on any atom is 0.254 e. The SMILES string of the molecule is O=C(c1ccccc1-c1nn[nH]n1)N1CC2C(C1)C2(CO)CO. The predicted molar refractivity (Wildman–Crippen MR) is 79.1 cm³/mol. The van der Waals surface area contributed by atoms with E-state index in [1.54, 1.807) is 23.1 Å². The van der Waals surface area contributed by atoms with E-state index in [2.05, 4.69) is 20.6 Å². The van der Waals surface area contributed by atoms with Crippen molar-refractivity contribution >= 4 is 5.91 Å². The molecule has 0 bridgehead atoms. The van der Waals surface area contributed by atoms with Gasteiger partial charge < -0.3 is 15.1 Å². The molecule has 8 heteroatoms. The number of amides is 1. The van der Waals surface area contributed by atoms with Gasteiger partial charge in [-0.2, -0.15) is 5.21 Å². The number of H-pyrrole nitrogens is 1. The molecule has 2 unspecified atom stereocenters. The number of aromatic nitrogens is 4. The third kappa shape index (κ3) is 1.98. The Kier molecular flexibility index (Phi) is 3.17. The number of nitrogens with one attached hydrogen (secondary N) is 1. The number of likely N-dealkylation sites (tertiary alicyclic amines) is 1. The molecule has 0 radical (unpaired) electrons. The first-order chi connectivity index (χ1) is 11.2. The highest BCUT2D eigenvalue weighted by molar-refractivity contribution is 6.00. The number of tetrazole rings is 1. The molecule has 1 amide bonds. The molecule has 2 fully saturated rings. The number of carbonyl (C=O) groups is 1. The summed E-state index contributed by atoms with van der Waals surface area (Å²) >= 11 is 0. The lowest BCUT2D eigenvalue weighted by Crippen LogP contribution is -2.36. The number of rotatable bonds is 4.